The molecule has 0 aromatic carbocycles. The molecule has 5 heteroatoms. The quantitative estimate of drug-likeness (QED) is 0.619. The summed E-state index contributed by atoms with van der Waals surface area (Å²) >= 11 is 0. The van der Waals surface area contributed by atoms with E-state index in [0.29, 0.717) is 12.3 Å². The predicted molar refractivity (Wildman–Crippen MR) is 78.3 cm³/mol. The maximum absolute atomic E-state index is 11.4. The van der Waals surface area contributed by atoms with Gasteiger partial charge in [-0.05, 0) is 31.1 Å². The van der Waals surface area contributed by atoms with Crippen LogP contribution in [-0.4, -0.2) is 35.1 Å². The van der Waals surface area contributed by atoms with Gasteiger partial charge in [-0.1, -0.05) is 19.9 Å². The number of carboxylic acids is 1. The van der Waals surface area contributed by atoms with E-state index in [1.807, 2.05) is 0 Å². The minimum absolute atomic E-state index is 0.0535. The maximum atomic E-state index is 11.4. The SMILES string of the molecule is C=C[C@@H]1C[C@H](C(=O)O)NC1[C@H](CCC(C)C)NC(C)=O. The van der Waals surface area contributed by atoms with Gasteiger partial charge in [0.2, 0.25) is 5.91 Å². The molecule has 0 spiro atoms. The fraction of sp³-hybridized carbons (Fsp3) is 0.733. The lowest BCUT2D eigenvalue weighted by molar-refractivity contribution is -0.139. The Morgan fingerprint density at radius 2 is 2.10 bits per heavy atom. The Kier molecular flexibility index (Phi) is 6.20. The van der Waals surface area contributed by atoms with Gasteiger partial charge in [0.15, 0.2) is 0 Å². The number of carbonyl (C=O) groups excluding carboxylic acids is 1. The molecule has 0 bridgehead atoms. The highest BCUT2D eigenvalue weighted by Crippen LogP contribution is 2.26. The van der Waals surface area contributed by atoms with Gasteiger partial charge in [0.1, 0.15) is 6.04 Å². The maximum Gasteiger partial charge on any atom is 0.320 e. The largest absolute Gasteiger partial charge is 0.480 e. The van der Waals surface area contributed by atoms with E-state index in [4.69, 9.17) is 5.11 Å². The van der Waals surface area contributed by atoms with Crippen molar-refractivity contribution in [3.63, 3.8) is 0 Å². The molecule has 3 N–H and O–H groups in total. The molecule has 0 radical (unpaired) electrons. The summed E-state index contributed by atoms with van der Waals surface area (Å²) in [5.41, 5.74) is 0. The monoisotopic (exact) mass is 282 g/mol. The van der Waals surface area contributed by atoms with Crippen LogP contribution in [0.25, 0.3) is 0 Å². The van der Waals surface area contributed by atoms with Gasteiger partial charge in [0.05, 0.1) is 0 Å². The first-order valence-corrected chi connectivity index (χ1v) is 7.23. The van der Waals surface area contributed by atoms with Crippen LogP contribution in [0.2, 0.25) is 0 Å². The summed E-state index contributed by atoms with van der Waals surface area (Å²) in [7, 11) is 0. The van der Waals surface area contributed by atoms with Gasteiger partial charge in [-0.15, -0.1) is 6.58 Å². The molecule has 1 aliphatic heterocycles. The van der Waals surface area contributed by atoms with Crippen LogP contribution in [-0.2, 0) is 9.59 Å². The van der Waals surface area contributed by atoms with Crippen molar-refractivity contribution in [2.24, 2.45) is 11.8 Å². The van der Waals surface area contributed by atoms with E-state index in [9.17, 15) is 9.59 Å². The summed E-state index contributed by atoms with van der Waals surface area (Å²) in [5.74, 6) is -0.308. The van der Waals surface area contributed by atoms with Crippen LogP contribution in [0.5, 0.6) is 0 Å². The summed E-state index contributed by atoms with van der Waals surface area (Å²) < 4.78 is 0. The highest BCUT2D eigenvalue weighted by molar-refractivity contribution is 5.75. The summed E-state index contributed by atoms with van der Waals surface area (Å²) in [6.45, 7) is 9.57. The van der Waals surface area contributed by atoms with Gasteiger partial charge in [-0.3, -0.25) is 14.9 Å². The normalized spacial score (nSPS) is 27.3. The van der Waals surface area contributed by atoms with E-state index < -0.39 is 12.0 Å². The first-order valence-electron chi connectivity index (χ1n) is 7.23. The van der Waals surface area contributed by atoms with E-state index in [1.54, 1.807) is 6.08 Å². The minimum atomic E-state index is -0.843. The van der Waals surface area contributed by atoms with Crippen molar-refractivity contribution in [1.29, 1.82) is 0 Å². The zero-order valence-corrected chi connectivity index (χ0v) is 12.6. The van der Waals surface area contributed by atoms with Crippen LogP contribution in [0.3, 0.4) is 0 Å². The van der Waals surface area contributed by atoms with Crippen molar-refractivity contribution < 1.29 is 14.7 Å². The molecule has 0 aliphatic carbocycles. The van der Waals surface area contributed by atoms with Crippen LogP contribution < -0.4 is 10.6 Å². The Morgan fingerprint density at radius 1 is 1.45 bits per heavy atom. The first-order chi connectivity index (χ1) is 9.35. The van der Waals surface area contributed by atoms with Crippen molar-refractivity contribution in [2.75, 3.05) is 0 Å². The van der Waals surface area contributed by atoms with Crippen LogP contribution in [0.4, 0.5) is 0 Å². The fourth-order valence-electron chi connectivity index (χ4n) is 2.79. The fourth-order valence-corrected chi connectivity index (χ4v) is 2.79. The zero-order valence-electron chi connectivity index (χ0n) is 12.6. The Labute approximate surface area is 120 Å². The molecule has 0 aromatic rings. The van der Waals surface area contributed by atoms with Crippen molar-refractivity contribution in [3.05, 3.63) is 12.7 Å². The molecule has 0 aromatic heterocycles. The van der Waals surface area contributed by atoms with E-state index in [0.717, 1.165) is 12.8 Å². The lowest BCUT2D eigenvalue weighted by atomic mass is 9.89. The molecule has 1 rings (SSSR count). The van der Waals surface area contributed by atoms with E-state index >= 15 is 0 Å². The highest BCUT2D eigenvalue weighted by atomic mass is 16.4. The minimum Gasteiger partial charge on any atom is -0.480 e. The van der Waals surface area contributed by atoms with E-state index in [2.05, 4.69) is 31.1 Å². The molecule has 5 nitrogen and oxygen atoms in total. The molecule has 1 fully saturated rings. The molecule has 0 saturated carbocycles. The van der Waals surface area contributed by atoms with Gasteiger partial charge in [0.25, 0.3) is 0 Å². The van der Waals surface area contributed by atoms with Crippen molar-refractivity contribution in [2.45, 2.75) is 58.2 Å². The number of rotatable bonds is 7. The Hall–Kier alpha value is -1.36. The average Bonchev–Trinajstić information content (AvgIpc) is 2.77. The molecule has 1 unspecified atom stereocenters. The molecular weight excluding hydrogens is 256 g/mol. The molecule has 114 valence electrons. The van der Waals surface area contributed by atoms with Crippen LogP contribution in [0.1, 0.15) is 40.0 Å². The highest BCUT2D eigenvalue weighted by Gasteiger charge is 2.39. The molecule has 20 heavy (non-hydrogen) atoms. The van der Waals surface area contributed by atoms with Crippen LogP contribution >= 0.6 is 0 Å². The third-order valence-electron chi connectivity index (χ3n) is 3.84. The summed E-state index contributed by atoms with van der Waals surface area (Å²) in [6.07, 6.45) is 4.16. The second-order valence-electron chi connectivity index (χ2n) is 6.00. The van der Waals surface area contributed by atoms with Crippen molar-refractivity contribution in [1.82, 2.24) is 10.6 Å². The molecule has 4 atom stereocenters. The van der Waals surface area contributed by atoms with Gasteiger partial charge >= 0.3 is 5.97 Å². The lowest BCUT2D eigenvalue weighted by Gasteiger charge is -2.28. The first kappa shape index (κ1) is 16.7. The number of hydrogen-bond donors (Lipinski definition) is 3. The number of hydrogen-bond acceptors (Lipinski definition) is 3. The second kappa shape index (κ2) is 7.43. The summed E-state index contributed by atoms with van der Waals surface area (Å²) in [4.78, 5) is 22.5. The Balaban J connectivity index is 2.78. The van der Waals surface area contributed by atoms with E-state index in [1.165, 1.54) is 6.92 Å². The smallest absolute Gasteiger partial charge is 0.320 e. The summed E-state index contributed by atoms with van der Waals surface area (Å²) in [6, 6.07) is -0.670. The topological polar surface area (TPSA) is 78.4 Å². The molecule has 1 aliphatic rings. The van der Waals surface area contributed by atoms with Crippen LogP contribution in [0.15, 0.2) is 12.7 Å². The predicted octanol–water partition coefficient (Wildman–Crippen LogP) is 1.54. The van der Waals surface area contributed by atoms with E-state index in [-0.39, 0.29) is 23.9 Å². The lowest BCUT2D eigenvalue weighted by Crippen LogP contribution is -2.51. The molecular formula is C15H26N2O3. The van der Waals surface area contributed by atoms with Crippen LogP contribution in [0, 0.1) is 11.8 Å². The Bertz CT molecular complexity index is 368. The molecule has 1 saturated heterocycles. The zero-order chi connectivity index (χ0) is 15.3. The van der Waals surface area contributed by atoms with Gasteiger partial charge in [-0.25, -0.2) is 0 Å². The third-order valence-corrected chi connectivity index (χ3v) is 3.84. The Morgan fingerprint density at radius 3 is 2.55 bits per heavy atom. The van der Waals surface area contributed by atoms with Crippen molar-refractivity contribution in [3.8, 4) is 0 Å². The van der Waals surface area contributed by atoms with Gasteiger partial charge in [-0.2, -0.15) is 0 Å². The third kappa shape index (κ3) is 4.63. The second-order valence-corrected chi connectivity index (χ2v) is 6.00. The van der Waals surface area contributed by atoms with Crippen molar-refractivity contribution >= 4 is 11.9 Å². The number of nitrogens with one attached hydrogen (secondary N) is 2. The average molecular weight is 282 g/mol. The standard InChI is InChI=1S/C15H26N2O3/c1-5-11-8-13(15(19)20)17-14(11)12(16-10(4)18)7-6-9(2)3/h5,9,11-14,17H,1,6-8H2,2-4H3,(H,16,18)(H,19,20)/t11-,12+,13-,14?/m1/s1. The number of aliphatic carboxylic acids is 1. The number of carboxylic acid groups (broad SMARTS) is 1. The number of amides is 1. The van der Waals surface area contributed by atoms with Gasteiger partial charge < -0.3 is 10.4 Å². The summed E-state index contributed by atoms with van der Waals surface area (Å²) in [5, 5.41) is 15.2. The molecule has 1 amide bonds. The molecule has 1 heterocycles. The number of carbonyl (C=O) groups is 2. The van der Waals surface area contributed by atoms with Gasteiger partial charge in [0, 0.05) is 19.0 Å².